The molecule has 0 saturated carbocycles. The van der Waals surface area contributed by atoms with Crippen molar-refractivity contribution < 1.29 is 18.6 Å². The van der Waals surface area contributed by atoms with Gasteiger partial charge < -0.3 is 30.5 Å². The van der Waals surface area contributed by atoms with Crippen LogP contribution in [-0.2, 0) is 0 Å². The summed E-state index contributed by atoms with van der Waals surface area (Å²) in [6, 6.07) is 43.2. The molecule has 0 spiro atoms. The number of nitro groups is 1. The Kier molecular flexibility index (Phi) is 18.8. The molecular weight excluding hydrogens is 1010 g/mol. The van der Waals surface area contributed by atoms with Gasteiger partial charge in [-0.3, -0.25) is 19.5 Å². The van der Waals surface area contributed by atoms with Gasteiger partial charge in [0, 0.05) is 35.3 Å². The summed E-state index contributed by atoms with van der Waals surface area (Å²) in [5.41, 5.74) is 18.3. The molecule has 5 heterocycles. The minimum Gasteiger partial charge on any atom is -0.462 e. The Labute approximate surface area is 459 Å². The van der Waals surface area contributed by atoms with Gasteiger partial charge in [0.2, 0.25) is 11.9 Å². The number of nitro benzene ring substituents is 1. The number of hydrogen-bond donors (Lipinski definition) is 4. The number of nitrogens with zero attached hydrogens (tertiary/aromatic N) is 11. The lowest BCUT2D eigenvalue weighted by atomic mass is 10.0. The number of aromatic nitrogens is 6. The van der Waals surface area contributed by atoms with Gasteiger partial charge in [-0.15, -0.1) is 0 Å². The Hall–Kier alpha value is -12.0. The molecule has 0 aliphatic rings. The maximum atomic E-state index is 10.0. The molecule has 10 rings (SSSR count). The van der Waals surface area contributed by atoms with Crippen LogP contribution >= 0.6 is 0 Å². The van der Waals surface area contributed by atoms with E-state index in [0.29, 0.717) is 69.3 Å². The van der Waals surface area contributed by atoms with Crippen molar-refractivity contribution in [2.24, 2.45) is 0 Å². The normalized spacial score (nSPS) is 10.3. The SMILES string of the molecule is Cc1cc(/C=C/C#N)cc(C)c1Nc1nc(Nc2ccc(C#N)cc2)ncc1N.O=Cc1ccco1.O=[N+]([O-])c1ccccc1.[C-]#[N+]/C=C/c1cc(C)c(-n2c(-c3ccco3)nc3cnc(Nc4ccc(C#N)cc4)nc32)c(C)c1. The van der Waals surface area contributed by atoms with E-state index in [0.717, 1.165) is 56.1 Å². The first-order chi connectivity index (χ1) is 38.8. The molecule has 5 aromatic carbocycles. The zero-order valence-corrected chi connectivity index (χ0v) is 43.4. The van der Waals surface area contributed by atoms with Gasteiger partial charge in [0.1, 0.15) is 5.52 Å². The van der Waals surface area contributed by atoms with E-state index in [1.807, 2.05) is 74.7 Å². The van der Waals surface area contributed by atoms with Crippen LogP contribution in [0.15, 0.2) is 173 Å². The number of para-hydroxylation sites is 1. The molecule has 0 saturated heterocycles. The lowest BCUT2D eigenvalue weighted by Crippen LogP contribution is -2.06. The number of imidazole rings is 1. The van der Waals surface area contributed by atoms with Crippen molar-refractivity contribution in [3.05, 3.63) is 236 Å². The fourth-order valence-corrected chi connectivity index (χ4v) is 7.80. The molecule has 80 heavy (non-hydrogen) atoms. The summed E-state index contributed by atoms with van der Waals surface area (Å²) in [6.45, 7) is 15.0. The summed E-state index contributed by atoms with van der Waals surface area (Å²) in [6.07, 6.45) is 13.4. The van der Waals surface area contributed by atoms with Crippen molar-refractivity contribution in [2.75, 3.05) is 21.7 Å². The summed E-state index contributed by atoms with van der Waals surface area (Å²) >= 11 is 0. The lowest BCUT2D eigenvalue weighted by molar-refractivity contribution is -0.384. The second kappa shape index (κ2) is 27.0. The van der Waals surface area contributed by atoms with Crippen LogP contribution in [0.5, 0.6) is 0 Å². The molecule has 5 aromatic heterocycles. The maximum Gasteiger partial charge on any atom is 0.269 e. The van der Waals surface area contributed by atoms with Gasteiger partial charge in [-0.25, -0.2) is 19.8 Å². The van der Waals surface area contributed by atoms with Crippen molar-refractivity contribution in [1.29, 1.82) is 15.8 Å². The molecule has 0 fully saturated rings. The number of carbonyl (C=O) groups excluding carboxylic acids is 1. The number of aldehydes is 1. The molecule has 10 aromatic rings. The van der Waals surface area contributed by atoms with Crippen LogP contribution in [0.25, 0.3) is 45.4 Å². The third-order valence-corrected chi connectivity index (χ3v) is 11.4. The third kappa shape index (κ3) is 14.6. The molecule has 392 valence electrons. The number of fused-ring (bicyclic) bond motifs is 1. The van der Waals surface area contributed by atoms with Crippen molar-refractivity contribution in [1.82, 2.24) is 29.5 Å². The van der Waals surface area contributed by atoms with Gasteiger partial charge in [0.15, 0.2) is 41.3 Å². The third-order valence-electron chi connectivity index (χ3n) is 11.4. The Balaban J connectivity index is 0.000000182. The summed E-state index contributed by atoms with van der Waals surface area (Å²) in [5, 5.41) is 46.2. The van der Waals surface area contributed by atoms with E-state index in [2.05, 4.69) is 52.3 Å². The van der Waals surface area contributed by atoms with Crippen LogP contribution < -0.4 is 21.7 Å². The van der Waals surface area contributed by atoms with Crippen molar-refractivity contribution in [3.63, 3.8) is 0 Å². The zero-order valence-electron chi connectivity index (χ0n) is 43.4. The Bertz CT molecular complexity index is 3970. The number of nitriles is 3. The number of anilines is 7. The van der Waals surface area contributed by atoms with E-state index >= 15 is 0 Å². The van der Waals surface area contributed by atoms with Crippen molar-refractivity contribution in [2.45, 2.75) is 27.7 Å². The predicted octanol–water partition coefficient (Wildman–Crippen LogP) is 13.5. The second-order valence-electron chi connectivity index (χ2n) is 17.1. The van der Waals surface area contributed by atoms with Crippen LogP contribution in [0.1, 0.15) is 55.1 Å². The molecule has 0 bridgehead atoms. The van der Waals surface area contributed by atoms with E-state index in [-0.39, 0.29) is 5.69 Å². The quantitative estimate of drug-likeness (QED) is 0.0291. The Morgan fingerprint density at radius 2 is 1.27 bits per heavy atom. The molecule has 0 unspecified atom stereocenters. The van der Waals surface area contributed by atoms with E-state index in [4.69, 9.17) is 42.5 Å². The van der Waals surface area contributed by atoms with Gasteiger partial charge in [0.05, 0.1) is 77.1 Å². The first kappa shape index (κ1) is 55.7. The maximum absolute atomic E-state index is 10.0. The van der Waals surface area contributed by atoms with Crippen molar-refractivity contribution >= 4 is 75.8 Å². The summed E-state index contributed by atoms with van der Waals surface area (Å²) in [5.74, 6) is 2.88. The fourth-order valence-electron chi connectivity index (χ4n) is 7.80. The molecule has 0 atom stereocenters. The highest BCUT2D eigenvalue weighted by Gasteiger charge is 2.21. The molecule has 0 radical (unpaired) electrons. The molecule has 0 amide bonds. The van der Waals surface area contributed by atoms with Crippen LogP contribution in [0.3, 0.4) is 0 Å². The smallest absolute Gasteiger partial charge is 0.269 e. The van der Waals surface area contributed by atoms with E-state index < -0.39 is 4.92 Å². The number of nitrogen functional groups attached to an aromatic ring is 1. The first-order valence-corrected chi connectivity index (χ1v) is 24.0. The van der Waals surface area contributed by atoms with Crippen LogP contribution in [0.2, 0.25) is 0 Å². The van der Waals surface area contributed by atoms with Gasteiger partial charge in [-0.2, -0.15) is 25.8 Å². The highest BCUT2D eigenvalue weighted by Crippen LogP contribution is 2.33. The Morgan fingerprint density at radius 3 is 1.79 bits per heavy atom. The molecule has 20 nitrogen and oxygen atoms in total. The lowest BCUT2D eigenvalue weighted by Gasteiger charge is -2.15. The molecule has 5 N–H and O–H groups in total. The van der Waals surface area contributed by atoms with Gasteiger partial charge in [-0.1, -0.05) is 36.4 Å². The number of nitrogens with one attached hydrogen (secondary N) is 3. The second-order valence-corrected chi connectivity index (χ2v) is 17.1. The zero-order chi connectivity index (χ0) is 57.0. The minimum absolute atomic E-state index is 0.137. The van der Waals surface area contributed by atoms with Crippen molar-refractivity contribution in [3.8, 4) is 35.5 Å². The highest BCUT2D eigenvalue weighted by molar-refractivity contribution is 5.81. The number of rotatable bonds is 12. The monoisotopic (exact) mass is 1060 g/mol. The molecule has 0 aliphatic heterocycles. The largest absolute Gasteiger partial charge is 0.462 e. The topological polar surface area (TPSA) is 294 Å². The van der Waals surface area contributed by atoms with E-state index in [1.54, 1.807) is 103 Å². The number of allylic oxidation sites excluding steroid dienone is 1. The number of carbonyl (C=O) groups is 1. The van der Waals surface area contributed by atoms with Crippen LogP contribution in [-0.4, -0.2) is 40.7 Å². The predicted molar refractivity (Wildman–Crippen MR) is 306 cm³/mol. The first-order valence-electron chi connectivity index (χ1n) is 24.0. The molecule has 0 aliphatic carbocycles. The van der Waals surface area contributed by atoms with E-state index in [9.17, 15) is 14.9 Å². The Morgan fingerprint density at radius 1 is 0.700 bits per heavy atom. The fraction of sp³-hybridized carbons (Fsp3) is 0.0667. The number of non-ortho nitro benzene ring substituents is 1. The van der Waals surface area contributed by atoms with Gasteiger partial charge >= 0.3 is 0 Å². The average molecular weight is 1060 g/mol. The number of hydrogen-bond acceptors (Lipinski definition) is 17. The highest BCUT2D eigenvalue weighted by atomic mass is 16.6. The number of furan rings is 2. The number of benzene rings is 5. The van der Waals surface area contributed by atoms with Crippen LogP contribution in [0, 0.1) is 78.4 Å². The van der Waals surface area contributed by atoms with E-state index in [1.165, 1.54) is 36.9 Å². The summed E-state index contributed by atoms with van der Waals surface area (Å²) in [7, 11) is 0. The molecule has 20 heteroatoms. The summed E-state index contributed by atoms with van der Waals surface area (Å²) < 4.78 is 12.3. The van der Waals surface area contributed by atoms with Gasteiger partial charge in [0.25, 0.3) is 5.69 Å². The van der Waals surface area contributed by atoms with Gasteiger partial charge in [-0.05, 0) is 152 Å². The number of nitrogens with two attached hydrogens (primary N) is 1. The standard InChI is InChI=1S/C27H19N7O.C22H19N7.C6H5NO2.C5H4O2/c1-17-13-20(10-11-29-3)14-18(2)24(17)34-25-22(32-26(34)23-5-4-12-35-23)16-30-27(33-25)31-21-8-6-19(15-28)7-9-21;1-14-10-17(4-3-9-23)11-15(2)20(14)28-21-19(25)13-26-22(29-21)27-18-7-5-16(12-24)6-8-18;8-7(9)6-4-2-1-3-5-6;6-4-5-2-1-3-7-5/h4-14,16H,1-2H3,(H,30,31,33);3-8,10-11,13H,25H2,1-2H3,(H2,26,27,28,29);1-5H;1-4H/b11-10+;4-3+;;. The minimum atomic E-state index is -0.417. The molecular formula is C60H47N15O5. The van der Waals surface area contributed by atoms with Crippen LogP contribution in [0.4, 0.5) is 46.2 Å². The number of aryl methyl sites for hydroxylation is 4. The average Bonchev–Trinajstić information content (AvgIpc) is 4.39. The summed E-state index contributed by atoms with van der Waals surface area (Å²) in [4.78, 5) is 45.4.